The molecule has 0 aromatic heterocycles. The summed E-state index contributed by atoms with van der Waals surface area (Å²) in [5, 5.41) is 6.07. The van der Waals surface area contributed by atoms with Gasteiger partial charge in [0, 0.05) is 21.4 Å². The molecule has 0 radical (unpaired) electrons. The highest BCUT2D eigenvalue weighted by molar-refractivity contribution is 9.10. The summed E-state index contributed by atoms with van der Waals surface area (Å²) in [6.45, 7) is 1.86. The third kappa shape index (κ3) is 4.76. The SMILES string of the molecule is Cc1cc(NC(=O)c2cc(Br)ccc2Cl)ccc1NC(=O)c1ccccc1. The third-order valence-electron chi connectivity index (χ3n) is 3.94. The first-order chi connectivity index (χ1) is 12.9. The average Bonchev–Trinajstić information content (AvgIpc) is 2.66. The van der Waals surface area contributed by atoms with Crippen molar-refractivity contribution >= 4 is 50.7 Å². The Morgan fingerprint density at radius 3 is 2.33 bits per heavy atom. The van der Waals surface area contributed by atoms with E-state index in [-0.39, 0.29) is 11.8 Å². The van der Waals surface area contributed by atoms with E-state index in [1.165, 1.54) is 0 Å². The van der Waals surface area contributed by atoms with Gasteiger partial charge in [-0.15, -0.1) is 0 Å². The van der Waals surface area contributed by atoms with E-state index in [9.17, 15) is 9.59 Å². The molecule has 0 unspecified atom stereocenters. The lowest BCUT2D eigenvalue weighted by Crippen LogP contribution is -2.14. The van der Waals surface area contributed by atoms with Crippen molar-refractivity contribution in [2.45, 2.75) is 6.92 Å². The van der Waals surface area contributed by atoms with Crippen LogP contribution in [0.5, 0.6) is 0 Å². The molecule has 2 N–H and O–H groups in total. The summed E-state index contributed by atoms with van der Waals surface area (Å²) >= 11 is 9.43. The third-order valence-corrected chi connectivity index (χ3v) is 4.76. The van der Waals surface area contributed by atoms with Crippen LogP contribution in [0.1, 0.15) is 26.3 Å². The smallest absolute Gasteiger partial charge is 0.257 e. The monoisotopic (exact) mass is 442 g/mol. The van der Waals surface area contributed by atoms with Gasteiger partial charge in [0.15, 0.2) is 0 Å². The van der Waals surface area contributed by atoms with E-state index in [2.05, 4.69) is 26.6 Å². The first-order valence-corrected chi connectivity index (χ1v) is 9.34. The van der Waals surface area contributed by atoms with Crippen LogP contribution in [-0.4, -0.2) is 11.8 Å². The van der Waals surface area contributed by atoms with Crippen molar-refractivity contribution in [3.8, 4) is 0 Å². The molecular weight excluding hydrogens is 428 g/mol. The van der Waals surface area contributed by atoms with Crippen molar-refractivity contribution in [3.63, 3.8) is 0 Å². The van der Waals surface area contributed by atoms with E-state index in [1.54, 1.807) is 48.5 Å². The number of anilines is 2. The van der Waals surface area contributed by atoms with Gasteiger partial charge in [-0.25, -0.2) is 0 Å². The maximum atomic E-state index is 12.5. The summed E-state index contributed by atoms with van der Waals surface area (Å²) in [7, 11) is 0. The van der Waals surface area contributed by atoms with Crippen molar-refractivity contribution in [1.82, 2.24) is 0 Å². The second kappa shape index (κ2) is 8.37. The molecule has 0 atom stereocenters. The Morgan fingerprint density at radius 1 is 0.889 bits per heavy atom. The molecular formula is C21H16BrClN2O2. The number of hydrogen-bond acceptors (Lipinski definition) is 2. The van der Waals surface area contributed by atoms with Crippen LogP contribution in [0.3, 0.4) is 0 Å². The van der Waals surface area contributed by atoms with Crippen LogP contribution >= 0.6 is 27.5 Å². The summed E-state index contributed by atoms with van der Waals surface area (Å²) in [4.78, 5) is 24.7. The van der Waals surface area contributed by atoms with Gasteiger partial charge in [-0.1, -0.05) is 45.7 Å². The summed E-state index contributed by atoms with van der Waals surface area (Å²) in [5.74, 6) is -0.488. The molecule has 6 heteroatoms. The lowest BCUT2D eigenvalue weighted by Gasteiger charge is -2.12. The number of carbonyl (C=O) groups excluding carboxylic acids is 2. The summed E-state index contributed by atoms with van der Waals surface area (Å²) < 4.78 is 0.771. The van der Waals surface area contributed by atoms with Crippen LogP contribution in [0.2, 0.25) is 5.02 Å². The maximum absolute atomic E-state index is 12.5. The Kier molecular flexibility index (Phi) is 5.94. The largest absolute Gasteiger partial charge is 0.322 e. The molecule has 2 amide bonds. The van der Waals surface area contributed by atoms with Gasteiger partial charge in [0.05, 0.1) is 10.6 Å². The van der Waals surface area contributed by atoms with Gasteiger partial charge < -0.3 is 10.6 Å². The van der Waals surface area contributed by atoms with Crippen molar-refractivity contribution in [3.05, 3.63) is 92.9 Å². The fraction of sp³-hybridized carbons (Fsp3) is 0.0476. The van der Waals surface area contributed by atoms with E-state index < -0.39 is 0 Å². The van der Waals surface area contributed by atoms with Gasteiger partial charge in [0.25, 0.3) is 11.8 Å². The first-order valence-electron chi connectivity index (χ1n) is 8.17. The highest BCUT2D eigenvalue weighted by atomic mass is 79.9. The fourth-order valence-corrected chi connectivity index (χ4v) is 3.10. The molecule has 0 heterocycles. The van der Waals surface area contributed by atoms with Gasteiger partial charge in [-0.2, -0.15) is 0 Å². The Bertz CT molecular complexity index is 1010. The van der Waals surface area contributed by atoms with Gasteiger partial charge >= 0.3 is 0 Å². The topological polar surface area (TPSA) is 58.2 Å². The highest BCUT2D eigenvalue weighted by Crippen LogP contribution is 2.24. The number of halogens is 2. The number of amides is 2. The average molecular weight is 444 g/mol. The molecule has 0 aliphatic carbocycles. The molecule has 0 spiro atoms. The molecule has 27 heavy (non-hydrogen) atoms. The first kappa shape index (κ1) is 19.1. The minimum absolute atomic E-state index is 0.184. The Balaban J connectivity index is 1.74. The predicted molar refractivity (Wildman–Crippen MR) is 113 cm³/mol. The van der Waals surface area contributed by atoms with E-state index in [4.69, 9.17) is 11.6 Å². The molecule has 0 bridgehead atoms. The number of aryl methyl sites for hydroxylation is 1. The minimum Gasteiger partial charge on any atom is -0.322 e. The summed E-state index contributed by atoms with van der Waals surface area (Å²) in [6.07, 6.45) is 0. The molecule has 3 aromatic rings. The molecule has 3 aromatic carbocycles. The summed E-state index contributed by atoms with van der Waals surface area (Å²) in [5.41, 5.74) is 3.09. The molecule has 0 aliphatic rings. The number of rotatable bonds is 4. The van der Waals surface area contributed by atoms with Gasteiger partial charge in [0.1, 0.15) is 0 Å². The van der Waals surface area contributed by atoms with E-state index in [0.29, 0.717) is 27.5 Å². The normalized spacial score (nSPS) is 10.3. The van der Waals surface area contributed by atoms with Crippen LogP contribution in [0, 0.1) is 6.92 Å². The molecule has 0 saturated carbocycles. The zero-order chi connectivity index (χ0) is 19.4. The fourth-order valence-electron chi connectivity index (χ4n) is 2.54. The van der Waals surface area contributed by atoms with Crippen molar-refractivity contribution < 1.29 is 9.59 Å². The number of hydrogen-bond donors (Lipinski definition) is 2. The second-order valence-electron chi connectivity index (χ2n) is 5.93. The highest BCUT2D eigenvalue weighted by Gasteiger charge is 2.12. The van der Waals surface area contributed by atoms with Crippen LogP contribution in [0.4, 0.5) is 11.4 Å². The zero-order valence-electron chi connectivity index (χ0n) is 14.4. The van der Waals surface area contributed by atoms with Crippen LogP contribution < -0.4 is 10.6 Å². The molecule has 136 valence electrons. The van der Waals surface area contributed by atoms with E-state index in [0.717, 1.165) is 10.0 Å². The van der Waals surface area contributed by atoms with Gasteiger partial charge in [0.2, 0.25) is 0 Å². The van der Waals surface area contributed by atoms with Crippen LogP contribution in [0.15, 0.2) is 71.2 Å². The minimum atomic E-state index is -0.304. The number of carbonyl (C=O) groups is 2. The lowest BCUT2D eigenvalue weighted by molar-refractivity contribution is 0.101. The zero-order valence-corrected chi connectivity index (χ0v) is 16.8. The van der Waals surface area contributed by atoms with Crippen molar-refractivity contribution in [2.24, 2.45) is 0 Å². The molecule has 0 saturated heterocycles. The standard InChI is InChI=1S/C21H16BrClN2O2/c1-13-11-16(24-21(27)17-12-15(22)7-9-18(17)23)8-10-19(13)25-20(26)14-5-3-2-4-6-14/h2-12H,1H3,(H,24,27)(H,25,26). The molecule has 0 aliphatic heterocycles. The van der Waals surface area contributed by atoms with Crippen molar-refractivity contribution in [2.75, 3.05) is 10.6 Å². The van der Waals surface area contributed by atoms with Crippen LogP contribution in [0.25, 0.3) is 0 Å². The molecule has 3 rings (SSSR count). The Morgan fingerprint density at radius 2 is 1.63 bits per heavy atom. The number of nitrogens with one attached hydrogen (secondary N) is 2. The van der Waals surface area contributed by atoms with E-state index >= 15 is 0 Å². The maximum Gasteiger partial charge on any atom is 0.257 e. The van der Waals surface area contributed by atoms with Gasteiger partial charge in [-0.05, 0) is 61.0 Å². The molecule has 0 fully saturated rings. The van der Waals surface area contributed by atoms with Crippen LogP contribution in [-0.2, 0) is 0 Å². The van der Waals surface area contributed by atoms with Crippen molar-refractivity contribution in [1.29, 1.82) is 0 Å². The quantitative estimate of drug-likeness (QED) is 0.526. The molecule has 4 nitrogen and oxygen atoms in total. The second-order valence-corrected chi connectivity index (χ2v) is 7.25. The lowest BCUT2D eigenvalue weighted by atomic mass is 10.1. The Labute approximate surface area is 170 Å². The van der Waals surface area contributed by atoms with Gasteiger partial charge in [-0.3, -0.25) is 9.59 Å². The predicted octanol–water partition coefficient (Wildman–Crippen LogP) is 5.92. The Hall–Kier alpha value is -2.63. The van der Waals surface area contributed by atoms with E-state index in [1.807, 2.05) is 25.1 Å². The number of benzene rings is 3. The summed E-state index contributed by atoms with van der Waals surface area (Å²) in [6, 6.07) is 19.4.